The number of morpholine rings is 1. The molecule has 0 radical (unpaired) electrons. The van der Waals surface area contributed by atoms with E-state index < -0.39 is 9.84 Å². The Hall–Kier alpha value is -1.27. The highest BCUT2D eigenvalue weighted by atomic mass is 32.2. The number of benzene rings is 1. The predicted octanol–water partition coefficient (Wildman–Crippen LogP) is 1.92. The van der Waals surface area contributed by atoms with Gasteiger partial charge in [-0.2, -0.15) is 0 Å². The highest BCUT2D eigenvalue weighted by Crippen LogP contribution is 2.34. The molecule has 6 heteroatoms. The molecular formula is C16H24N2O3S. The predicted molar refractivity (Wildman–Crippen MR) is 88.6 cm³/mol. The maximum atomic E-state index is 12.2. The summed E-state index contributed by atoms with van der Waals surface area (Å²) in [5.41, 5.74) is 2.20. The number of hydrogen-bond donors (Lipinski definition) is 0. The maximum Gasteiger partial charge on any atom is 0.178 e. The minimum Gasteiger partial charge on any atom is -0.378 e. The molecular weight excluding hydrogens is 300 g/mol. The summed E-state index contributed by atoms with van der Waals surface area (Å²) in [4.78, 5) is 5.06. The van der Waals surface area contributed by atoms with Gasteiger partial charge in [-0.1, -0.05) is 6.92 Å². The van der Waals surface area contributed by atoms with Crippen LogP contribution in [0.25, 0.3) is 0 Å². The molecule has 22 heavy (non-hydrogen) atoms. The number of sulfone groups is 1. The van der Waals surface area contributed by atoms with Crippen LogP contribution in [-0.2, 0) is 14.6 Å². The molecule has 5 nitrogen and oxygen atoms in total. The van der Waals surface area contributed by atoms with Gasteiger partial charge in [-0.25, -0.2) is 8.42 Å². The Morgan fingerprint density at radius 2 is 1.64 bits per heavy atom. The Morgan fingerprint density at radius 1 is 1.00 bits per heavy atom. The number of anilines is 2. The molecule has 2 heterocycles. The van der Waals surface area contributed by atoms with Gasteiger partial charge in [-0.15, -0.1) is 0 Å². The third kappa shape index (κ3) is 3.08. The van der Waals surface area contributed by atoms with Crippen LogP contribution >= 0.6 is 0 Å². The lowest BCUT2D eigenvalue weighted by Gasteiger charge is -2.33. The Kier molecular flexibility index (Phi) is 4.59. The molecule has 0 unspecified atom stereocenters. The molecule has 0 atom stereocenters. The molecule has 122 valence electrons. The van der Waals surface area contributed by atoms with Crippen molar-refractivity contribution in [1.29, 1.82) is 0 Å². The van der Waals surface area contributed by atoms with E-state index in [-0.39, 0.29) is 5.75 Å². The van der Waals surface area contributed by atoms with E-state index in [0.717, 1.165) is 50.8 Å². The first-order chi connectivity index (χ1) is 10.6. The summed E-state index contributed by atoms with van der Waals surface area (Å²) in [6, 6.07) is 5.60. The van der Waals surface area contributed by atoms with Crippen molar-refractivity contribution in [2.24, 2.45) is 0 Å². The summed E-state index contributed by atoms with van der Waals surface area (Å²) in [6.45, 7) is 6.89. The smallest absolute Gasteiger partial charge is 0.178 e. The fraction of sp³-hybridized carbons (Fsp3) is 0.625. The molecule has 2 fully saturated rings. The average molecular weight is 324 g/mol. The Bertz CT molecular complexity index is 618. The zero-order chi connectivity index (χ0) is 15.6. The van der Waals surface area contributed by atoms with Crippen molar-refractivity contribution >= 4 is 21.2 Å². The van der Waals surface area contributed by atoms with Crippen molar-refractivity contribution in [1.82, 2.24) is 0 Å². The first-order valence-corrected chi connectivity index (χ1v) is 9.71. The first-order valence-electron chi connectivity index (χ1n) is 8.06. The lowest BCUT2D eigenvalue weighted by molar-refractivity contribution is 0.122. The van der Waals surface area contributed by atoms with Gasteiger partial charge in [0.15, 0.2) is 9.84 Å². The third-order valence-corrected chi connectivity index (χ3v) is 6.22. The normalized spacial score (nSPS) is 19.7. The SMILES string of the molecule is CCS(=O)(=O)c1ccc(N2CCOCC2)c(N2CCCC2)c1. The Balaban J connectivity index is 2.01. The molecule has 0 N–H and O–H groups in total. The van der Waals surface area contributed by atoms with Gasteiger partial charge >= 0.3 is 0 Å². The van der Waals surface area contributed by atoms with E-state index in [0.29, 0.717) is 4.90 Å². The van der Waals surface area contributed by atoms with Crippen molar-refractivity contribution in [3.63, 3.8) is 0 Å². The van der Waals surface area contributed by atoms with Crippen LogP contribution in [0, 0.1) is 0 Å². The van der Waals surface area contributed by atoms with Gasteiger partial charge in [0.2, 0.25) is 0 Å². The second kappa shape index (κ2) is 6.46. The van der Waals surface area contributed by atoms with Gasteiger partial charge in [0.05, 0.1) is 35.2 Å². The van der Waals surface area contributed by atoms with Crippen LogP contribution in [0.3, 0.4) is 0 Å². The second-order valence-electron chi connectivity index (χ2n) is 5.85. The summed E-state index contributed by atoms with van der Waals surface area (Å²) < 4.78 is 29.8. The van der Waals surface area contributed by atoms with Crippen molar-refractivity contribution in [3.05, 3.63) is 18.2 Å². The van der Waals surface area contributed by atoms with Crippen molar-refractivity contribution < 1.29 is 13.2 Å². The van der Waals surface area contributed by atoms with E-state index in [9.17, 15) is 8.42 Å². The quantitative estimate of drug-likeness (QED) is 0.847. The van der Waals surface area contributed by atoms with Crippen molar-refractivity contribution in [3.8, 4) is 0 Å². The van der Waals surface area contributed by atoms with Gasteiger partial charge in [-0.05, 0) is 31.0 Å². The van der Waals surface area contributed by atoms with Crippen LogP contribution in [0.2, 0.25) is 0 Å². The molecule has 0 bridgehead atoms. The van der Waals surface area contributed by atoms with E-state index in [1.807, 2.05) is 12.1 Å². The summed E-state index contributed by atoms with van der Waals surface area (Å²) in [6.07, 6.45) is 2.35. The molecule has 1 aromatic rings. The van der Waals surface area contributed by atoms with Gasteiger partial charge in [-0.3, -0.25) is 0 Å². The Morgan fingerprint density at radius 3 is 2.27 bits per heavy atom. The zero-order valence-corrected chi connectivity index (χ0v) is 13.9. The number of nitrogens with zero attached hydrogens (tertiary/aromatic N) is 2. The molecule has 0 aliphatic carbocycles. The van der Waals surface area contributed by atoms with E-state index in [1.54, 1.807) is 13.0 Å². The van der Waals surface area contributed by atoms with Crippen molar-refractivity contribution in [2.45, 2.75) is 24.7 Å². The number of hydrogen-bond acceptors (Lipinski definition) is 5. The molecule has 0 aromatic heterocycles. The fourth-order valence-corrected chi connectivity index (χ4v) is 4.05. The Labute approximate surface area is 132 Å². The minimum absolute atomic E-state index is 0.142. The largest absolute Gasteiger partial charge is 0.378 e. The molecule has 0 saturated carbocycles. The molecule has 0 spiro atoms. The molecule has 0 amide bonds. The van der Waals surface area contributed by atoms with Gasteiger partial charge in [0.25, 0.3) is 0 Å². The standard InChI is InChI=1S/C16H24N2O3S/c1-2-22(19,20)14-5-6-15(18-9-11-21-12-10-18)16(13-14)17-7-3-4-8-17/h5-6,13H,2-4,7-12H2,1H3. The van der Waals surface area contributed by atoms with E-state index in [4.69, 9.17) is 4.74 Å². The van der Waals surface area contributed by atoms with E-state index >= 15 is 0 Å². The van der Waals surface area contributed by atoms with E-state index in [2.05, 4.69) is 9.80 Å². The number of ether oxygens (including phenoxy) is 1. The third-order valence-electron chi connectivity index (χ3n) is 4.48. The molecule has 3 rings (SSSR count). The minimum atomic E-state index is -3.17. The first kappa shape index (κ1) is 15.6. The summed E-state index contributed by atoms with van der Waals surface area (Å²) in [5, 5.41) is 0. The summed E-state index contributed by atoms with van der Waals surface area (Å²) in [7, 11) is -3.17. The van der Waals surface area contributed by atoms with Gasteiger partial charge < -0.3 is 14.5 Å². The molecule has 2 aliphatic heterocycles. The fourth-order valence-electron chi connectivity index (χ4n) is 3.15. The van der Waals surface area contributed by atoms with Crippen LogP contribution in [0.15, 0.2) is 23.1 Å². The van der Waals surface area contributed by atoms with Crippen LogP contribution < -0.4 is 9.80 Å². The monoisotopic (exact) mass is 324 g/mol. The molecule has 2 saturated heterocycles. The topological polar surface area (TPSA) is 49.9 Å². The summed E-state index contributed by atoms with van der Waals surface area (Å²) in [5.74, 6) is 0.142. The average Bonchev–Trinajstić information content (AvgIpc) is 3.09. The zero-order valence-electron chi connectivity index (χ0n) is 13.1. The lowest BCUT2D eigenvalue weighted by Crippen LogP contribution is -2.37. The highest BCUT2D eigenvalue weighted by Gasteiger charge is 2.23. The molecule has 2 aliphatic rings. The lowest BCUT2D eigenvalue weighted by atomic mass is 10.2. The van der Waals surface area contributed by atoms with Crippen LogP contribution in [-0.4, -0.2) is 53.6 Å². The molecule has 1 aromatic carbocycles. The maximum absolute atomic E-state index is 12.2. The highest BCUT2D eigenvalue weighted by molar-refractivity contribution is 7.91. The van der Waals surface area contributed by atoms with Crippen LogP contribution in [0.4, 0.5) is 11.4 Å². The van der Waals surface area contributed by atoms with Crippen LogP contribution in [0.5, 0.6) is 0 Å². The number of rotatable bonds is 4. The second-order valence-corrected chi connectivity index (χ2v) is 8.13. The van der Waals surface area contributed by atoms with Crippen molar-refractivity contribution in [2.75, 3.05) is 54.9 Å². The summed E-state index contributed by atoms with van der Waals surface area (Å²) >= 11 is 0. The van der Waals surface area contributed by atoms with Gasteiger partial charge in [0, 0.05) is 26.2 Å². The van der Waals surface area contributed by atoms with E-state index in [1.165, 1.54) is 12.8 Å². The van der Waals surface area contributed by atoms with Gasteiger partial charge in [0.1, 0.15) is 0 Å². The van der Waals surface area contributed by atoms with Crippen LogP contribution in [0.1, 0.15) is 19.8 Å².